The number of nitrogens with zero attached hydrogens (tertiary/aromatic N) is 6. The van der Waals surface area contributed by atoms with Crippen molar-refractivity contribution in [1.29, 1.82) is 0 Å². The molecule has 0 aliphatic carbocycles. The van der Waals surface area contributed by atoms with Gasteiger partial charge in [0.15, 0.2) is 5.82 Å². The maximum atomic E-state index is 9.54. The van der Waals surface area contributed by atoms with E-state index in [9.17, 15) is 5.11 Å². The first kappa shape index (κ1) is 19.9. The number of aliphatic hydroxyl groups is 1. The summed E-state index contributed by atoms with van der Waals surface area (Å²) in [5.74, 6) is 1.43. The summed E-state index contributed by atoms with van der Waals surface area (Å²) in [6, 6.07) is 6.42. The molecule has 9 nitrogen and oxygen atoms in total. The van der Waals surface area contributed by atoms with E-state index in [0.29, 0.717) is 43.0 Å². The highest BCUT2D eigenvalue weighted by Crippen LogP contribution is 2.35. The Balaban J connectivity index is 1.46. The summed E-state index contributed by atoms with van der Waals surface area (Å²) in [5, 5.41) is 15.4. The molecule has 0 bridgehead atoms. The number of hydrogen-bond donors (Lipinski definition) is 1. The fraction of sp³-hybridized carbons (Fsp3) is 0.455. The third kappa shape index (κ3) is 3.41. The molecule has 10 heteroatoms. The van der Waals surface area contributed by atoms with Crippen LogP contribution in [0.1, 0.15) is 37.5 Å². The lowest BCUT2D eigenvalue weighted by Crippen LogP contribution is -2.51. The number of benzene rings is 1. The molecule has 2 aliphatic heterocycles. The molecule has 0 saturated carbocycles. The molecule has 0 spiro atoms. The second kappa shape index (κ2) is 7.68. The zero-order chi connectivity index (χ0) is 21.8. The lowest BCUT2D eigenvalue weighted by molar-refractivity contribution is 0.00630. The van der Waals surface area contributed by atoms with Crippen molar-refractivity contribution >= 4 is 39.6 Å². The van der Waals surface area contributed by atoms with Gasteiger partial charge in [-0.3, -0.25) is 4.98 Å². The van der Waals surface area contributed by atoms with Gasteiger partial charge < -0.3 is 23.8 Å². The second-order valence-corrected chi connectivity index (χ2v) is 9.08. The number of ether oxygens (including phenoxy) is 1. The van der Waals surface area contributed by atoms with Crippen molar-refractivity contribution in [1.82, 2.24) is 24.7 Å². The van der Waals surface area contributed by atoms with Crippen LogP contribution in [0.25, 0.3) is 21.9 Å². The normalized spacial score (nSPS) is 22.0. The number of halogens is 1. The molecule has 6 rings (SSSR count). The van der Waals surface area contributed by atoms with Crippen LogP contribution in [-0.2, 0) is 11.2 Å². The monoisotopic (exact) mass is 454 g/mol. The lowest BCUT2D eigenvalue weighted by atomic mass is 10.0. The number of hydrogen-bond acceptors (Lipinski definition) is 8. The van der Waals surface area contributed by atoms with E-state index < -0.39 is 0 Å². The molecule has 2 atom stereocenters. The fourth-order valence-corrected chi connectivity index (χ4v) is 4.89. The van der Waals surface area contributed by atoms with Crippen LogP contribution in [0.2, 0.25) is 5.02 Å². The summed E-state index contributed by atoms with van der Waals surface area (Å²) in [6.07, 6.45) is 3.88. The number of pyridine rings is 1. The Bertz CT molecular complexity index is 1300. The summed E-state index contributed by atoms with van der Waals surface area (Å²) in [5.41, 5.74) is 2.73. The van der Waals surface area contributed by atoms with Crippen LogP contribution in [0, 0.1) is 0 Å². The zero-order valence-corrected chi connectivity index (χ0v) is 18.4. The Morgan fingerprint density at radius 3 is 2.91 bits per heavy atom. The quantitative estimate of drug-likeness (QED) is 0.501. The Morgan fingerprint density at radius 1 is 1.22 bits per heavy atom. The molecule has 1 unspecified atom stereocenters. The van der Waals surface area contributed by atoms with Crippen molar-refractivity contribution in [3.8, 4) is 0 Å². The van der Waals surface area contributed by atoms with Gasteiger partial charge in [0.1, 0.15) is 11.3 Å². The van der Waals surface area contributed by atoms with Gasteiger partial charge in [-0.2, -0.15) is 4.98 Å². The minimum absolute atomic E-state index is 0.172. The summed E-state index contributed by atoms with van der Waals surface area (Å²) in [6.45, 7) is 3.84. The van der Waals surface area contributed by atoms with Gasteiger partial charge in [-0.05, 0) is 38.0 Å². The third-order valence-electron chi connectivity index (χ3n) is 6.28. The van der Waals surface area contributed by atoms with Gasteiger partial charge in [0.25, 0.3) is 0 Å². The van der Waals surface area contributed by atoms with E-state index in [1.807, 2.05) is 29.3 Å². The summed E-state index contributed by atoms with van der Waals surface area (Å²) in [7, 11) is 0. The molecular weight excluding hydrogens is 432 g/mol. The van der Waals surface area contributed by atoms with Crippen molar-refractivity contribution in [3.63, 3.8) is 0 Å². The molecule has 0 radical (unpaired) electrons. The van der Waals surface area contributed by atoms with Crippen molar-refractivity contribution in [2.45, 2.75) is 44.4 Å². The predicted octanol–water partition coefficient (Wildman–Crippen LogP) is 3.13. The van der Waals surface area contributed by atoms with Gasteiger partial charge in [0.05, 0.1) is 48.9 Å². The first-order valence-corrected chi connectivity index (χ1v) is 11.2. The molecule has 3 aromatic heterocycles. The molecule has 32 heavy (non-hydrogen) atoms. The van der Waals surface area contributed by atoms with Gasteiger partial charge >= 0.3 is 6.01 Å². The molecular formula is C22H23ClN6O3. The van der Waals surface area contributed by atoms with Gasteiger partial charge in [0.2, 0.25) is 0 Å². The Morgan fingerprint density at radius 2 is 2.09 bits per heavy atom. The molecule has 5 heterocycles. The minimum atomic E-state index is -0.335. The van der Waals surface area contributed by atoms with E-state index in [0.717, 1.165) is 40.6 Å². The summed E-state index contributed by atoms with van der Waals surface area (Å²) in [4.78, 5) is 15.9. The van der Waals surface area contributed by atoms with Crippen LogP contribution >= 0.6 is 11.6 Å². The van der Waals surface area contributed by atoms with Gasteiger partial charge in [-0.1, -0.05) is 16.8 Å². The number of fused-ring (bicyclic) bond motifs is 3. The largest absolute Gasteiger partial charge is 0.389 e. The third-order valence-corrected chi connectivity index (χ3v) is 6.51. The molecule has 1 aromatic carbocycles. The fourth-order valence-electron chi connectivity index (χ4n) is 4.72. The lowest BCUT2D eigenvalue weighted by Gasteiger charge is -2.33. The van der Waals surface area contributed by atoms with Crippen LogP contribution in [0.5, 0.6) is 0 Å². The summed E-state index contributed by atoms with van der Waals surface area (Å²) < 4.78 is 13.5. The first-order valence-electron chi connectivity index (χ1n) is 10.9. The van der Waals surface area contributed by atoms with Crippen molar-refractivity contribution in [2.75, 3.05) is 24.6 Å². The molecule has 4 aromatic rings. The van der Waals surface area contributed by atoms with E-state index in [-0.39, 0.29) is 18.2 Å². The van der Waals surface area contributed by atoms with E-state index >= 15 is 0 Å². The highest BCUT2D eigenvalue weighted by molar-refractivity contribution is 6.31. The Hall–Kier alpha value is -2.75. The maximum Gasteiger partial charge on any atom is 0.324 e. The van der Waals surface area contributed by atoms with E-state index in [1.54, 1.807) is 0 Å². The molecule has 166 valence electrons. The van der Waals surface area contributed by atoms with Crippen LogP contribution in [0.15, 0.2) is 28.9 Å². The topological polar surface area (TPSA) is 102 Å². The van der Waals surface area contributed by atoms with Crippen LogP contribution < -0.4 is 4.90 Å². The van der Waals surface area contributed by atoms with Crippen LogP contribution in [-0.4, -0.2) is 61.7 Å². The molecule has 2 fully saturated rings. The van der Waals surface area contributed by atoms with E-state index in [4.69, 9.17) is 25.8 Å². The smallest absolute Gasteiger partial charge is 0.324 e. The van der Waals surface area contributed by atoms with Crippen molar-refractivity contribution < 1.29 is 14.4 Å². The minimum Gasteiger partial charge on any atom is -0.389 e. The van der Waals surface area contributed by atoms with E-state index in [1.165, 1.54) is 0 Å². The number of rotatable bonds is 4. The van der Waals surface area contributed by atoms with Gasteiger partial charge in [-0.25, -0.2) is 4.98 Å². The molecule has 2 saturated heterocycles. The second-order valence-electron chi connectivity index (χ2n) is 8.64. The Labute approximate surface area is 189 Å². The highest BCUT2D eigenvalue weighted by Gasteiger charge is 2.30. The predicted molar refractivity (Wildman–Crippen MR) is 119 cm³/mol. The number of aromatic nitrogens is 5. The number of aliphatic hydroxyl groups excluding tert-OH is 1. The average Bonchev–Trinajstić information content (AvgIpc) is 3.36. The van der Waals surface area contributed by atoms with Crippen molar-refractivity contribution in [3.05, 3.63) is 41.1 Å². The maximum absolute atomic E-state index is 9.54. The molecule has 2 aliphatic rings. The molecule has 1 N–H and O–H groups in total. The zero-order valence-electron chi connectivity index (χ0n) is 17.6. The van der Waals surface area contributed by atoms with E-state index in [2.05, 4.69) is 26.6 Å². The Kier molecular flexibility index (Phi) is 4.78. The van der Waals surface area contributed by atoms with Crippen LogP contribution in [0.3, 0.4) is 0 Å². The van der Waals surface area contributed by atoms with Crippen LogP contribution in [0.4, 0.5) is 6.01 Å². The first-order chi connectivity index (χ1) is 15.5. The van der Waals surface area contributed by atoms with Gasteiger partial charge in [-0.15, -0.1) is 0 Å². The number of β-amino-alcohol motifs (C(OH)–C–C–N with tert-alkyl or cyclic N) is 1. The van der Waals surface area contributed by atoms with Crippen molar-refractivity contribution in [2.24, 2.45) is 0 Å². The average molecular weight is 455 g/mol. The molecule has 0 amide bonds. The summed E-state index contributed by atoms with van der Waals surface area (Å²) >= 11 is 6.35. The highest BCUT2D eigenvalue weighted by atomic mass is 35.5. The standard InChI is InChI=1S/C22H23ClN6O3/c1-12-6-14(4-5-31-12)29-20(8-19-26-22(32-27-19)28-10-15(30)11-28)25-18-9-24-17-3-2-13(23)7-16(17)21(18)29/h2-3,7,9,12,14-15,30H,4-6,8,10-11H2,1H3/t12-,14?/m1/s1. The number of anilines is 1. The number of imidazole rings is 1. The van der Waals surface area contributed by atoms with Gasteiger partial charge in [0, 0.05) is 23.1 Å². The SMILES string of the molecule is C[C@@H]1CC(n2c(Cc3noc(N4CC(O)C4)n3)nc3cnc4ccc(Cl)cc4c32)CCO1.